The van der Waals surface area contributed by atoms with Gasteiger partial charge < -0.3 is 10.1 Å². The molecule has 0 aromatic carbocycles. The van der Waals surface area contributed by atoms with Crippen molar-refractivity contribution < 1.29 is 9.53 Å². The summed E-state index contributed by atoms with van der Waals surface area (Å²) in [7, 11) is 0. The first-order chi connectivity index (χ1) is 8.55. The molecule has 1 heterocycles. The molecule has 0 unspecified atom stereocenters. The second-order valence-electron chi connectivity index (χ2n) is 5.93. The zero-order chi connectivity index (χ0) is 13.0. The zero-order valence-electron chi connectivity index (χ0n) is 11.5. The Balaban J connectivity index is 1.75. The Morgan fingerprint density at radius 2 is 2.11 bits per heavy atom. The number of rotatable bonds is 4. The lowest BCUT2D eigenvalue weighted by atomic mass is 9.81. The molecule has 0 spiro atoms. The van der Waals surface area contributed by atoms with Crippen LogP contribution in [0.1, 0.15) is 26.7 Å². The van der Waals surface area contributed by atoms with Crippen LogP contribution in [0.25, 0.3) is 0 Å². The Morgan fingerprint density at radius 3 is 2.78 bits per heavy atom. The number of ketones is 1. The van der Waals surface area contributed by atoms with Gasteiger partial charge in [-0.05, 0) is 5.41 Å². The van der Waals surface area contributed by atoms with Crippen LogP contribution in [0, 0.1) is 5.41 Å². The largest absolute Gasteiger partial charge is 0.387 e. The van der Waals surface area contributed by atoms with Crippen LogP contribution in [-0.4, -0.2) is 50.1 Å². The molecule has 1 N–H and O–H groups in total. The molecule has 1 saturated heterocycles. The van der Waals surface area contributed by atoms with Gasteiger partial charge in [0.2, 0.25) is 0 Å². The van der Waals surface area contributed by atoms with Gasteiger partial charge in [0.15, 0.2) is 0 Å². The van der Waals surface area contributed by atoms with E-state index in [4.69, 9.17) is 4.74 Å². The predicted octanol–water partition coefficient (Wildman–Crippen LogP) is 1.18. The van der Waals surface area contributed by atoms with Crippen LogP contribution in [0.5, 0.6) is 0 Å². The van der Waals surface area contributed by atoms with E-state index in [1.807, 2.05) is 0 Å². The minimum absolute atomic E-state index is 0.0105. The van der Waals surface area contributed by atoms with Crippen LogP contribution in [-0.2, 0) is 9.53 Å². The van der Waals surface area contributed by atoms with E-state index < -0.39 is 0 Å². The molecule has 0 saturated carbocycles. The van der Waals surface area contributed by atoms with E-state index in [1.54, 1.807) is 0 Å². The third-order valence-electron chi connectivity index (χ3n) is 3.49. The van der Waals surface area contributed by atoms with Crippen molar-refractivity contribution in [2.24, 2.45) is 5.41 Å². The van der Waals surface area contributed by atoms with Gasteiger partial charge in [-0.1, -0.05) is 19.9 Å². The Kier molecular flexibility index (Phi) is 4.40. The van der Waals surface area contributed by atoms with Gasteiger partial charge in [0.1, 0.15) is 5.78 Å². The maximum atomic E-state index is 11.6. The van der Waals surface area contributed by atoms with Gasteiger partial charge in [0.25, 0.3) is 0 Å². The highest BCUT2D eigenvalue weighted by molar-refractivity contribution is 5.83. The number of allylic oxidation sites excluding steroid dienone is 2. The molecular weight excluding hydrogens is 228 g/mol. The second-order valence-corrected chi connectivity index (χ2v) is 5.93. The zero-order valence-corrected chi connectivity index (χ0v) is 11.5. The summed E-state index contributed by atoms with van der Waals surface area (Å²) < 4.78 is 5.32. The van der Waals surface area contributed by atoms with Gasteiger partial charge in [-0.2, -0.15) is 0 Å². The van der Waals surface area contributed by atoms with Crippen molar-refractivity contribution in [3.8, 4) is 0 Å². The molecule has 0 atom stereocenters. The summed E-state index contributed by atoms with van der Waals surface area (Å²) in [5.41, 5.74) is 1.11. The number of Topliss-reactive ketones (excluding diaryl/α,β-unsaturated/α-hetero) is 1. The highest BCUT2D eigenvalue weighted by Crippen LogP contribution is 2.29. The summed E-state index contributed by atoms with van der Waals surface area (Å²) in [6.45, 7) is 9.89. The Hall–Kier alpha value is -0.870. The number of morpholine rings is 1. The van der Waals surface area contributed by atoms with Crippen LogP contribution in [0.15, 0.2) is 11.8 Å². The Labute approximate surface area is 109 Å². The van der Waals surface area contributed by atoms with Crippen LogP contribution in [0.2, 0.25) is 0 Å². The summed E-state index contributed by atoms with van der Waals surface area (Å²) >= 11 is 0. The van der Waals surface area contributed by atoms with Crippen LogP contribution < -0.4 is 5.32 Å². The van der Waals surface area contributed by atoms with Crippen LogP contribution in [0.4, 0.5) is 0 Å². The molecule has 1 aliphatic heterocycles. The molecule has 0 amide bonds. The highest BCUT2D eigenvalue weighted by atomic mass is 16.5. The molecular formula is C14H24N2O2. The van der Waals surface area contributed by atoms with Crippen molar-refractivity contribution in [2.75, 3.05) is 39.4 Å². The molecule has 1 aliphatic carbocycles. The maximum Gasteiger partial charge on any atom is 0.139 e. The van der Waals surface area contributed by atoms with E-state index in [2.05, 4.69) is 30.1 Å². The number of hydrogen-bond acceptors (Lipinski definition) is 4. The summed E-state index contributed by atoms with van der Waals surface area (Å²) in [6.07, 6.45) is 3.46. The van der Waals surface area contributed by atoms with Crippen molar-refractivity contribution >= 4 is 5.78 Å². The number of carbonyl (C=O) groups excluding carboxylic acids is 1. The molecule has 2 aliphatic rings. The molecule has 1 fully saturated rings. The maximum absolute atomic E-state index is 11.6. The van der Waals surface area contributed by atoms with E-state index in [0.717, 1.165) is 45.1 Å². The van der Waals surface area contributed by atoms with Crippen molar-refractivity contribution in [3.63, 3.8) is 0 Å². The molecule has 0 radical (unpaired) electrons. The molecule has 4 nitrogen and oxygen atoms in total. The fourth-order valence-corrected chi connectivity index (χ4v) is 2.67. The molecule has 0 aromatic rings. The Bertz CT molecular complexity index is 331. The SMILES string of the molecule is CC1(C)C=C(NCCN2CCOCC2)CC(=O)C1. The first-order valence-electron chi connectivity index (χ1n) is 6.83. The quantitative estimate of drug-likeness (QED) is 0.816. The average molecular weight is 252 g/mol. The van der Waals surface area contributed by atoms with E-state index in [9.17, 15) is 4.79 Å². The lowest BCUT2D eigenvalue weighted by Gasteiger charge is -2.29. The van der Waals surface area contributed by atoms with E-state index >= 15 is 0 Å². The number of carbonyl (C=O) groups is 1. The summed E-state index contributed by atoms with van der Waals surface area (Å²) in [6, 6.07) is 0. The number of nitrogens with zero attached hydrogens (tertiary/aromatic N) is 1. The standard InChI is InChI=1S/C14H24N2O2/c1-14(2)10-12(9-13(17)11-14)15-3-4-16-5-7-18-8-6-16/h10,15H,3-9,11H2,1-2H3. The fourth-order valence-electron chi connectivity index (χ4n) is 2.67. The normalized spacial score (nSPS) is 24.8. The van der Waals surface area contributed by atoms with Crippen LogP contribution in [0.3, 0.4) is 0 Å². The van der Waals surface area contributed by atoms with Crippen molar-refractivity contribution in [2.45, 2.75) is 26.7 Å². The predicted molar refractivity (Wildman–Crippen MR) is 71.4 cm³/mol. The van der Waals surface area contributed by atoms with Crippen LogP contribution >= 0.6 is 0 Å². The number of nitrogens with one attached hydrogen (secondary N) is 1. The second kappa shape index (κ2) is 5.85. The average Bonchev–Trinajstić information content (AvgIpc) is 2.27. The summed E-state index contributed by atoms with van der Waals surface area (Å²) in [4.78, 5) is 14.0. The first-order valence-corrected chi connectivity index (χ1v) is 6.83. The summed E-state index contributed by atoms with van der Waals surface area (Å²) in [5.74, 6) is 0.344. The van der Waals surface area contributed by atoms with Crippen molar-refractivity contribution in [3.05, 3.63) is 11.8 Å². The summed E-state index contributed by atoms with van der Waals surface area (Å²) in [5, 5.41) is 3.41. The molecule has 0 bridgehead atoms. The smallest absolute Gasteiger partial charge is 0.139 e. The van der Waals surface area contributed by atoms with Gasteiger partial charge in [-0.3, -0.25) is 9.69 Å². The number of ether oxygens (including phenoxy) is 1. The molecule has 2 rings (SSSR count). The monoisotopic (exact) mass is 252 g/mol. The highest BCUT2D eigenvalue weighted by Gasteiger charge is 2.25. The van der Waals surface area contributed by atoms with Gasteiger partial charge >= 0.3 is 0 Å². The third-order valence-corrected chi connectivity index (χ3v) is 3.49. The molecule has 4 heteroatoms. The van der Waals surface area contributed by atoms with Gasteiger partial charge in [-0.25, -0.2) is 0 Å². The first kappa shape index (κ1) is 13.6. The molecule has 102 valence electrons. The fraction of sp³-hybridized carbons (Fsp3) is 0.786. The topological polar surface area (TPSA) is 41.6 Å². The minimum Gasteiger partial charge on any atom is -0.387 e. The van der Waals surface area contributed by atoms with E-state index in [0.29, 0.717) is 18.6 Å². The minimum atomic E-state index is 0.0105. The number of hydrogen-bond donors (Lipinski definition) is 1. The van der Waals surface area contributed by atoms with E-state index in [1.165, 1.54) is 0 Å². The van der Waals surface area contributed by atoms with Crippen molar-refractivity contribution in [1.82, 2.24) is 10.2 Å². The molecule has 0 aromatic heterocycles. The van der Waals surface area contributed by atoms with Crippen molar-refractivity contribution in [1.29, 1.82) is 0 Å². The van der Waals surface area contributed by atoms with E-state index in [-0.39, 0.29) is 5.41 Å². The van der Waals surface area contributed by atoms with Gasteiger partial charge in [-0.15, -0.1) is 0 Å². The lowest BCUT2D eigenvalue weighted by Crippen LogP contribution is -2.40. The molecule has 18 heavy (non-hydrogen) atoms. The Morgan fingerprint density at radius 1 is 1.39 bits per heavy atom. The third kappa shape index (κ3) is 4.10. The van der Waals surface area contributed by atoms with Gasteiger partial charge in [0, 0.05) is 44.7 Å². The lowest BCUT2D eigenvalue weighted by molar-refractivity contribution is -0.120. The van der Waals surface area contributed by atoms with Gasteiger partial charge in [0.05, 0.1) is 13.2 Å².